The van der Waals surface area contributed by atoms with Gasteiger partial charge in [-0.2, -0.15) is 0 Å². The summed E-state index contributed by atoms with van der Waals surface area (Å²) in [7, 11) is 0. The third-order valence-corrected chi connectivity index (χ3v) is 6.48. The Balaban J connectivity index is 1.10. The summed E-state index contributed by atoms with van der Waals surface area (Å²) in [5.74, 6) is 0.717. The fourth-order valence-corrected chi connectivity index (χ4v) is 4.67. The van der Waals surface area contributed by atoms with Crippen molar-refractivity contribution in [2.45, 2.75) is 19.3 Å². The second kappa shape index (κ2) is 9.52. The van der Waals surface area contributed by atoms with E-state index >= 15 is 0 Å². The maximum atomic E-state index is 13.0. The van der Waals surface area contributed by atoms with Crippen LogP contribution in [-0.2, 0) is 4.79 Å². The van der Waals surface area contributed by atoms with E-state index in [2.05, 4.69) is 15.0 Å². The number of carbonyl (C=O) groups is 2. The molecule has 2 aliphatic heterocycles. The van der Waals surface area contributed by atoms with E-state index in [1.165, 1.54) is 0 Å². The predicted octanol–water partition coefficient (Wildman–Crippen LogP) is 2.80. The summed E-state index contributed by atoms with van der Waals surface area (Å²) in [5.41, 5.74) is 1.33. The molecule has 0 N–H and O–H groups in total. The highest BCUT2D eigenvalue weighted by Crippen LogP contribution is 2.25. The molecule has 2 amide bonds. The van der Waals surface area contributed by atoms with Crippen LogP contribution < -0.4 is 4.74 Å². The number of pyridine rings is 1. The Morgan fingerprint density at radius 1 is 1.00 bits per heavy atom. The predicted molar refractivity (Wildman–Crippen MR) is 123 cm³/mol. The lowest BCUT2D eigenvalue weighted by Crippen LogP contribution is -2.42. The molecular weight excluding hydrogens is 418 g/mol. The van der Waals surface area contributed by atoms with Gasteiger partial charge < -0.3 is 14.5 Å². The number of rotatable bonds is 6. The van der Waals surface area contributed by atoms with Gasteiger partial charge in [0.1, 0.15) is 5.69 Å². The maximum Gasteiger partial charge on any atom is 0.316 e. The zero-order valence-corrected chi connectivity index (χ0v) is 18.5. The molecule has 2 aliphatic rings. The van der Waals surface area contributed by atoms with E-state index in [1.54, 1.807) is 18.5 Å². The molecule has 2 aromatic heterocycles. The van der Waals surface area contributed by atoms with Crippen LogP contribution in [0.4, 0.5) is 0 Å². The van der Waals surface area contributed by atoms with Crippen LogP contribution in [-0.4, -0.2) is 69.4 Å². The number of aromatic nitrogens is 3. The van der Waals surface area contributed by atoms with E-state index in [1.807, 2.05) is 46.2 Å². The second-order valence-corrected chi connectivity index (χ2v) is 8.84. The number of fused-ring (bicyclic) bond motifs is 1. The Bertz CT molecular complexity index is 1130. The number of carbonyl (C=O) groups excluding carboxylic acids is 2. The summed E-state index contributed by atoms with van der Waals surface area (Å²) >= 11 is 0. The third-order valence-electron chi connectivity index (χ3n) is 6.48. The lowest BCUT2D eigenvalue weighted by molar-refractivity contribution is -0.128. The van der Waals surface area contributed by atoms with Crippen LogP contribution in [0.15, 0.2) is 54.9 Å². The molecule has 0 bridgehead atoms. The number of piperidine rings is 1. The van der Waals surface area contributed by atoms with Crippen LogP contribution in [0.5, 0.6) is 6.01 Å². The fourth-order valence-electron chi connectivity index (χ4n) is 4.67. The normalized spacial score (nSPS) is 19.3. The first-order valence-electron chi connectivity index (χ1n) is 11.5. The zero-order chi connectivity index (χ0) is 22.6. The lowest BCUT2D eigenvalue weighted by atomic mass is 9.96. The highest BCUT2D eigenvalue weighted by atomic mass is 16.5. The average molecular weight is 446 g/mol. The van der Waals surface area contributed by atoms with Gasteiger partial charge in [0.15, 0.2) is 0 Å². The monoisotopic (exact) mass is 445 g/mol. The maximum absolute atomic E-state index is 13.0. The van der Waals surface area contributed by atoms with Crippen molar-refractivity contribution in [3.8, 4) is 6.01 Å². The van der Waals surface area contributed by atoms with E-state index < -0.39 is 0 Å². The van der Waals surface area contributed by atoms with Crippen molar-refractivity contribution < 1.29 is 14.3 Å². The molecule has 5 rings (SSSR count). The fraction of sp³-hybridized carbons (Fsp3) is 0.400. The number of likely N-dealkylation sites (tertiary alicyclic amines) is 2. The summed E-state index contributed by atoms with van der Waals surface area (Å²) in [6.07, 6.45) is 5.56. The molecule has 2 saturated heterocycles. The molecule has 3 aromatic rings. The molecule has 4 heterocycles. The summed E-state index contributed by atoms with van der Waals surface area (Å²) in [6.45, 7) is 3.27. The van der Waals surface area contributed by atoms with Gasteiger partial charge in [-0.3, -0.25) is 9.59 Å². The molecule has 0 spiro atoms. The minimum absolute atomic E-state index is 0.0169. The number of hydrogen-bond acceptors (Lipinski definition) is 6. The number of ether oxygens (including phenoxy) is 1. The highest BCUT2D eigenvalue weighted by Gasteiger charge is 2.33. The van der Waals surface area contributed by atoms with Crippen LogP contribution in [0.3, 0.4) is 0 Å². The molecule has 170 valence electrons. The molecule has 1 unspecified atom stereocenters. The Morgan fingerprint density at radius 3 is 2.61 bits per heavy atom. The molecule has 2 fully saturated rings. The van der Waals surface area contributed by atoms with Gasteiger partial charge in [-0.1, -0.05) is 24.3 Å². The first-order valence-corrected chi connectivity index (χ1v) is 11.5. The van der Waals surface area contributed by atoms with Gasteiger partial charge >= 0.3 is 6.01 Å². The van der Waals surface area contributed by atoms with Gasteiger partial charge in [0, 0.05) is 56.3 Å². The number of amides is 2. The first-order chi connectivity index (χ1) is 16.2. The molecule has 8 nitrogen and oxygen atoms in total. The van der Waals surface area contributed by atoms with Crippen LogP contribution in [0.1, 0.15) is 29.8 Å². The van der Waals surface area contributed by atoms with Crippen molar-refractivity contribution in [2.24, 2.45) is 11.8 Å². The Hall–Kier alpha value is -3.55. The molecule has 0 aliphatic carbocycles. The summed E-state index contributed by atoms with van der Waals surface area (Å²) < 4.78 is 5.63. The highest BCUT2D eigenvalue weighted by molar-refractivity contribution is 5.95. The van der Waals surface area contributed by atoms with E-state index in [9.17, 15) is 9.59 Å². The van der Waals surface area contributed by atoms with Gasteiger partial charge in [-0.15, -0.1) is 0 Å². The van der Waals surface area contributed by atoms with Crippen molar-refractivity contribution in [3.63, 3.8) is 0 Å². The number of para-hydroxylation sites is 1. The minimum Gasteiger partial charge on any atom is -0.463 e. The van der Waals surface area contributed by atoms with Crippen molar-refractivity contribution in [2.75, 3.05) is 32.8 Å². The number of hydrogen-bond donors (Lipinski definition) is 0. The quantitative estimate of drug-likeness (QED) is 0.580. The topological polar surface area (TPSA) is 88.5 Å². The minimum atomic E-state index is -0.0169. The Kier molecular flexibility index (Phi) is 6.15. The van der Waals surface area contributed by atoms with Crippen molar-refractivity contribution in [1.29, 1.82) is 0 Å². The van der Waals surface area contributed by atoms with Crippen LogP contribution in [0, 0.1) is 11.8 Å². The standard InChI is InChI=1S/C25H27N5O3/c31-23-14-19(17-33-25-26-10-3-11-27-25)16-30(23)15-18-8-12-29(13-9-18)24(32)22-7-6-20-4-1-2-5-21(20)28-22/h1-7,10-11,18-19H,8-9,12-17H2. The van der Waals surface area contributed by atoms with Crippen molar-refractivity contribution in [1.82, 2.24) is 24.8 Å². The largest absolute Gasteiger partial charge is 0.463 e. The van der Waals surface area contributed by atoms with E-state index in [4.69, 9.17) is 4.74 Å². The van der Waals surface area contributed by atoms with Gasteiger partial charge in [0.05, 0.1) is 12.1 Å². The second-order valence-electron chi connectivity index (χ2n) is 8.84. The third kappa shape index (κ3) is 4.94. The molecule has 1 aromatic carbocycles. The molecule has 0 radical (unpaired) electrons. The average Bonchev–Trinajstić information content (AvgIpc) is 3.22. The first kappa shape index (κ1) is 21.3. The van der Waals surface area contributed by atoms with Crippen LogP contribution >= 0.6 is 0 Å². The SMILES string of the molecule is O=C1CC(COc2ncccn2)CN1CC1CCN(C(=O)c2ccc3ccccc3n2)CC1. The summed E-state index contributed by atoms with van der Waals surface area (Å²) in [5, 5.41) is 1.03. The van der Waals surface area contributed by atoms with Gasteiger partial charge in [-0.05, 0) is 37.0 Å². The molecule has 8 heteroatoms. The summed E-state index contributed by atoms with van der Waals surface area (Å²) in [6, 6.07) is 13.7. The lowest BCUT2D eigenvalue weighted by Gasteiger charge is -2.33. The van der Waals surface area contributed by atoms with Gasteiger partial charge in [-0.25, -0.2) is 15.0 Å². The zero-order valence-electron chi connectivity index (χ0n) is 18.5. The Labute approximate surface area is 192 Å². The Morgan fingerprint density at radius 2 is 1.79 bits per heavy atom. The number of benzene rings is 1. The van der Waals surface area contributed by atoms with Crippen molar-refractivity contribution >= 4 is 22.7 Å². The summed E-state index contributed by atoms with van der Waals surface area (Å²) in [4.78, 5) is 42.0. The van der Waals surface area contributed by atoms with E-state index in [0.29, 0.717) is 50.3 Å². The molecule has 0 saturated carbocycles. The smallest absolute Gasteiger partial charge is 0.316 e. The van der Waals surface area contributed by atoms with E-state index in [-0.39, 0.29) is 17.7 Å². The van der Waals surface area contributed by atoms with Crippen LogP contribution in [0.2, 0.25) is 0 Å². The molecular formula is C25H27N5O3. The van der Waals surface area contributed by atoms with Crippen molar-refractivity contribution in [3.05, 3.63) is 60.6 Å². The molecule has 33 heavy (non-hydrogen) atoms. The van der Waals surface area contributed by atoms with Gasteiger partial charge in [0.25, 0.3) is 5.91 Å². The van der Waals surface area contributed by atoms with Gasteiger partial charge in [0.2, 0.25) is 5.91 Å². The van der Waals surface area contributed by atoms with E-state index in [0.717, 1.165) is 30.3 Å². The van der Waals surface area contributed by atoms with Crippen LogP contribution in [0.25, 0.3) is 10.9 Å². The number of nitrogens with zero attached hydrogens (tertiary/aromatic N) is 5. The molecule has 1 atom stereocenters.